The third kappa shape index (κ3) is 9.10. The predicted octanol–water partition coefficient (Wildman–Crippen LogP) is 2.13. The average molecular weight is 515 g/mol. The van der Waals surface area contributed by atoms with Crippen LogP contribution in [0.1, 0.15) is 37.8 Å². The van der Waals surface area contributed by atoms with Gasteiger partial charge in [0, 0.05) is 24.6 Å². The first kappa shape index (κ1) is 28.4. The third-order valence-corrected chi connectivity index (χ3v) is 6.18. The van der Waals surface area contributed by atoms with E-state index < -0.39 is 23.5 Å². The average Bonchev–Trinajstić information content (AvgIpc) is 2.87. The van der Waals surface area contributed by atoms with Crippen LogP contribution in [0.5, 0.6) is 0 Å². The van der Waals surface area contributed by atoms with Crippen LogP contribution in [0, 0.1) is 10.8 Å². The van der Waals surface area contributed by atoms with Crippen LogP contribution in [0.25, 0.3) is 0 Å². The number of carboxylic acids is 1. The zero-order valence-corrected chi connectivity index (χ0v) is 20.8. The van der Waals surface area contributed by atoms with Crippen LogP contribution in [0.2, 0.25) is 0 Å². The summed E-state index contributed by atoms with van der Waals surface area (Å²) >= 11 is 1.46. The van der Waals surface area contributed by atoms with Crippen molar-refractivity contribution in [2.24, 2.45) is 0 Å². The van der Waals surface area contributed by atoms with Gasteiger partial charge in [-0.1, -0.05) is 37.3 Å². The number of rotatable bonds is 16. The summed E-state index contributed by atoms with van der Waals surface area (Å²) in [4.78, 5) is 52.4. The number of carbonyl (C=O) groups excluding carboxylic acids is 2. The van der Waals surface area contributed by atoms with Gasteiger partial charge >= 0.3 is 5.97 Å². The first-order valence-corrected chi connectivity index (χ1v) is 12.5. The molecule has 5 N–H and O–H groups in total. The molecule has 1 unspecified atom stereocenters. The highest BCUT2D eigenvalue weighted by Crippen LogP contribution is 2.12. The predicted molar refractivity (Wildman–Crippen MR) is 139 cm³/mol. The van der Waals surface area contributed by atoms with Gasteiger partial charge in [0.05, 0.1) is 36.7 Å². The van der Waals surface area contributed by atoms with E-state index in [0.29, 0.717) is 12.2 Å². The van der Waals surface area contributed by atoms with Gasteiger partial charge in [0.15, 0.2) is 11.6 Å². The number of carbonyl (C=O) groups is 3. The lowest BCUT2D eigenvalue weighted by atomic mass is 10.1. The number of aliphatic carboxylic acids is 1. The second kappa shape index (κ2) is 14.6. The van der Waals surface area contributed by atoms with E-state index in [4.69, 9.17) is 15.9 Å². The van der Waals surface area contributed by atoms with Crippen molar-refractivity contribution < 1.29 is 19.5 Å². The summed E-state index contributed by atoms with van der Waals surface area (Å²) in [6.07, 6.45) is 2.65. The minimum absolute atomic E-state index is 0.0934. The van der Waals surface area contributed by atoms with Crippen molar-refractivity contribution in [1.82, 2.24) is 14.9 Å². The second-order valence-corrected chi connectivity index (χ2v) is 8.84. The number of nitrogens with zero attached hydrogens (tertiary/aromatic N) is 2. The van der Waals surface area contributed by atoms with Gasteiger partial charge in [-0.05, 0) is 12.0 Å². The summed E-state index contributed by atoms with van der Waals surface area (Å²) in [6, 6.07) is 8.89. The summed E-state index contributed by atoms with van der Waals surface area (Å²) in [5.74, 6) is -0.828. The third-order valence-electron chi connectivity index (χ3n) is 5.11. The summed E-state index contributed by atoms with van der Waals surface area (Å²) in [6.45, 7) is 1.40. The normalized spacial score (nSPS) is 11.4. The van der Waals surface area contributed by atoms with E-state index >= 15 is 0 Å². The number of amides is 1. The molecule has 0 aliphatic carbocycles. The van der Waals surface area contributed by atoms with Gasteiger partial charge in [0.2, 0.25) is 5.91 Å². The lowest BCUT2D eigenvalue weighted by Gasteiger charge is -2.18. The number of Topliss-reactive ketones (excluding diaryl/α,β-unsaturated/α-hetero) is 1. The molecule has 0 aliphatic rings. The van der Waals surface area contributed by atoms with Gasteiger partial charge in [-0.15, -0.1) is 11.8 Å². The van der Waals surface area contributed by atoms with E-state index in [0.717, 1.165) is 5.56 Å². The Morgan fingerprint density at radius 1 is 1.11 bits per heavy atom. The molecule has 1 aromatic carbocycles. The number of benzene rings is 1. The molecule has 36 heavy (non-hydrogen) atoms. The Balaban J connectivity index is 1.90. The number of nitrogens with one attached hydrogen (secondary N) is 4. The molecule has 0 fully saturated rings. The van der Waals surface area contributed by atoms with Crippen molar-refractivity contribution in [3.8, 4) is 0 Å². The number of aromatic nitrogens is 2. The van der Waals surface area contributed by atoms with Crippen LogP contribution in [0.4, 0.5) is 5.82 Å². The first-order valence-electron chi connectivity index (χ1n) is 11.3. The maximum absolute atomic E-state index is 12.9. The van der Waals surface area contributed by atoms with Crippen LogP contribution in [0.3, 0.4) is 0 Å². The molecule has 1 amide bonds. The Bertz CT molecular complexity index is 1150. The molecular formula is C24H30N6O5S. The van der Waals surface area contributed by atoms with E-state index in [1.165, 1.54) is 28.7 Å². The first-order chi connectivity index (χ1) is 17.2. The van der Waals surface area contributed by atoms with Gasteiger partial charge in [0.1, 0.15) is 6.04 Å². The van der Waals surface area contributed by atoms with Crippen LogP contribution < -0.4 is 16.2 Å². The minimum atomic E-state index is -1.07. The lowest BCUT2D eigenvalue weighted by molar-refractivity contribution is -0.136. The van der Waals surface area contributed by atoms with E-state index in [1.807, 2.05) is 30.3 Å². The fraction of sp³-hybridized carbons (Fsp3) is 0.375. The summed E-state index contributed by atoms with van der Waals surface area (Å²) in [5, 5.41) is 29.6. The van der Waals surface area contributed by atoms with Crippen LogP contribution in [-0.4, -0.2) is 62.6 Å². The topological polar surface area (TPSA) is 178 Å². The molecule has 0 radical (unpaired) electrons. The van der Waals surface area contributed by atoms with E-state index in [2.05, 4.69) is 15.6 Å². The van der Waals surface area contributed by atoms with Gasteiger partial charge in [-0.2, -0.15) is 0 Å². The maximum atomic E-state index is 12.9. The van der Waals surface area contributed by atoms with Crippen molar-refractivity contribution in [1.29, 1.82) is 10.8 Å². The molecule has 0 bridgehead atoms. The molecule has 1 atom stereocenters. The number of thioether (sulfide) groups is 1. The standard InChI is InChI=1S/C24H30N6O5S/c1-2-20(23(34)29-12-17(31)15-36-14-16-6-4-3-5-7-16)30-11-10-27-22(24(30)35)28-13-19(26)18(25)8-9-21(32)33/h3-7,10-11,20,25-26H,2,8-9,12-15H2,1H3,(H,27,28)(H,29,34)(H,32,33). The quantitative estimate of drug-likeness (QED) is 0.211. The highest BCUT2D eigenvalue weighted by Gasteiger charge is 2.21. The minimum Gasteiger partial charge on any atom is -0.481 e. The zero-order chi connectivity index (χ0) is 26.5. The molecule has 0 saturated heterocycles. The zero-order valence-electron chi connectivity index (χ0n) is 20.0. The van der Waals surface area contributed by atoms with Crippen molar-refractivity contribution in [3.05, 3.63) is 58.6 Å². The van der Waals surface area contributed by atoms with Gasteiger partial charge in [-0.25, -0.2) is 4.98 Å². The van der Waals surface area contributed by atoms with E-state index in [-0.39, 0.29) is 54.7 Å². The Morgan fingerprint density at radius 3 is 2.50 bits per heavy atom. The molecular weight excluding hydrogens is 484 g/mol. The molecule has 12 heteroatoms. The van der Waals surface area contributed by atoms with E-state index in [1.54, 1.807) is 6.92 Å². The fourth-order valence-corrected chi connectivity index (χ4v) is 4.03. The number of ketones is 1. The van der Waals surface area contributed by atoms with Crippen LogP contribution in [-0.2, 0) is 20.1 Å². The molecule has 0 spiro atoms. The smallest absolute Gasteiger partial charge is 0.303 e. The molecule has 0 saturated carbocycles. The molecule has 2 rings (SSSR count). The Hall–Kier alpha value is -3.80. The van der Waals surface area contributed by atoms with E-state index in [9.17, 15) is 19.2 Å². The van der Waals surface area contributed by atoms with Crippen LogP contribution >= 0.6 is 11.8 Å². The number of carboxylic acid groups (broad SMARTS) is 1. The SMILES string of the molecule is CCC(C(=O)NCC(=O)CSCc1ccccc1)n1ccnc(NCC(=N)C(=N)CCC(=O)O)c1=O. The number of hydrogen-bond donors (Lipinski definition) is 5. The molecule has 1 heterocycles. The molecule has 0 aliphatic heterocycles. The van der Waals surface area contributed by atoms with Gasteiger partial charge in [0.25, 0.3) is 5.56 Å². The highest BCUT2D eigenvalue weighted by atomic mass is 32.2. The summed E-state index contributed by atoms with van der Waals surface area (Å²) in [7, 11) is 0. The summed E-state index contributed by atoms with van der Waals surface area (Å²) < 4.78 is 1.21. The summed E-state index contributed by atoms with van der Waals surface area (Å²) in [5.41, 5.74) is 0.202. The second-order valence-electron chi connectivity index (χ2n) is 7.85. The largest absolute Gasteiger partial charge is 0.481 e. The van der Waals surface area contributed by atoms with Gasteiger partial charge < -0.3 is 26.6 Å². The monoisotopic (exact) mass is 514 g/mol. The maximum Gasteiger partial charge on any atom is 0.303 e. The van der Waals surface area contributed by atoms with Crippen molar-refractivity contribution in [2.75, 3.05) is 24.2 Å². The molecule has 192 valence electrons. The fourth-order valence-electron chi connectivity index (χ4n) is 3.17. The lowest BCUT2D eigenvalue weighted by Crippen LogP contribution is -2.40. The number of anilines is 1. The van der Waals surface area contributed by atoms with Gasteiger partial charge in [-0.3, -0.25) is 23.7 Å². The molecule has 2 aromatic rings. The van der Waals surface area contributed by atoms with Crippen molar-refractivity contribution >= 4 is 46.7 Å². The Kier molecular flexibility index (Phi) is 11.5. The van der Waals surface area contributed by atoms with Crippen molar-refractivity contribution in [3.63, 3.8) is 0 Å². The number of hydrogen-bond acceptors (Lipinski definition) is 9. The Morgan fingerprint density at radius 2 is 1.83 bits per heavy atom. The van der Waals surface area contributed by atoms with Crippen molar-refractivity contribution in [2.45, 2.75) is 38.0 Å². The Labute approximate surface area is 212 Å². The van der Waals surface area contributed by atoms with Crippen LogP contribution in [0.15, 0.2) is 47.5 Å². The molecule has 1 aromatic heterocycles. The highest BCUT2D eigenvalue weighted by molar-refractivity contribution is 7.99. The molecule has 11 nitrogen and oxygen atoms in total.